The van der Waals surface area contributed by atoms with E-state index in [0.29, 0.717) is 22.5 Å². The summed E-state index contributed by atoms with van der Waals surface area (Å²) >= 11 is 5.87. The fourth-order valence-corrected chi connectivity index (χ4v) is 2.65. The largest absolute Gasteiger partial charge is 0.467 e. The first-order valence-electron chi connectivity index (χ1n) is 8.71. The van der Waals surface area contributed by atoms with Gasteiger partial charge in [0, 0.05) is 5.56 Å². The Labute approximate surface area is 173 Å². The van der Waals surface area contributed by atoms with Crippen LogP contribution in [0.1, 0.15) is 38.1 Å². The van der Waals surface area contributed by atoms with Gasteiger partial charge in [-0.1, -0.05) is 18.2 Å². The van der Waals surface area contributed by atoms with Crippen LogP contribution in [0.25, 0.3) is 17.3 Å². The number of amides is 1. The van der Waals surface area contributed by atoms with Gasteiger partial charge in [0.2, 0.25) is 0 Å². The molecule has 1 heterocycles. The zero-order valence-electron chi connectivity index (χ0n) is 16.6. The van der Waals surface area contributed by atoms with Crippen molar-refractivity contribution in [2.45, 2.75) is 32.4 Å². The van der Waals surface area contributed by atoms with Crippen molar-refractivity contribution < 1.29 is 23.5 Å². The van der Waals surface area contributed by atoms with Crippen LogP contribution in [0.4, 0.5) is 9.18 Å². The Bertz CT molecular complexity index is 941. The van der Waals surface area contributed by atoms with Crippen LogP contribution in [-0.4, -0.2) is 29.8 Å². The number of ether oxygens (including phenoxy) is 2. The standard InChI is InChI=1S/C21H22ClFN2O4/c1-6-14-9-13(11-17(24-14)12-7-8-16(23)15(22)10-12)18(19(26)28-5)25-20(27)29-21(2,3)4/h6-11,18H,1H2,2-5H3,(H,25,27). The molecule has 1 N–H and O–H groups in total. The van der Waals surface area contributed by atoms with Crippen molar-refractivity contribution in [2.75, 3.05) is 7.11 Å². The van der Waals surface area contributed by atoms with E-state index in [-0.39, 0.29) is 5.02 Å². The van der Waals surface area contributed by atoms with Crippen molar-refractivity contribution in [3.8, 4) is 11.3 Å². The fourth-order valence-electron chi connectivity index (χ4n) is 2.47. The molecule has 6 nitrogen and oxygen atoms in total. The molecule has 2 rings (SSSR count). The van der Waals surface area contributed by atoms with Crippen LogP contribution in [0.2, 0.25) is 5.02 Å². The second-order valence-electron chi connectivity index (χ2n) is 7.15. The van der Waals surface area contributed by atoms with Gasteiger partial charge in [-0.15, -0.1) is 0 Å². The molecular formula is C21H22ClFN2O4. The van der Waals surface area contributed by atoms with E-state index in [1.165, 1.54) is 31.4 Å². The quantitative estimate of drug-likeness (QED) is 0.694. The summed E-state index contributed by atoms with van der Waals surface area (Å²) in [6.07, 6.45) is 0.705. The van der Waals surface area contributed by atoms with E-state index in [2.05, 4.69) is 16.9 Å². The predicted molar refractivity (Wildman–Crippen MR) is 109 cm³/mol. The summed E-state index contributed by atoms with van der Waals surface area (Å²) < 4.78 is 23.6. The third-order valence-corrected chi connectivity index (χ3v) is 4.01. The first-order chi connectivity index (χ1) is 13.5. The first-order valence-corrected chi connectivity index (χ1v) is 9.09. The van der Waals surface area contributed by atoms with Crippen LogP contribution in [0.15, 0.2) is 36.9 Å². The second-order valence-corrected chi connectivity index (χ2v) is 7.55. The molecule has 0 radical (unpaired) electrons. The smallest absolute Gasteiger partial charge is 0.408 e. The minimum Gasteiger partial charge on any atom is -0.467 e. The number of carbonyl (C=O) groups is 2. The molecule has 0 aliphatic carbocycles. The lowest BCUT2D eigenvalue weighted by molar-refractivity contribution is -0.143. The lowest BCUT2D eigenvalue weighted by atomic mass is 10.0. The van der Waals surface area contributed by atoms with Gasteiger partial charge in [0.05, 0.1) is 23.5 Å². The lowest BCUT2D eigenvalue weighted by Gasteiger charge is -2.23. The Hall–Kier alpha value is -2.93. The van der Waals surface area contributed by atoms with Crippen LogP contribution in [0.5, 0.6) is 0 Å². The minimum atomic E-state index is -1.15. The second kappa shape index (κ2) is 9.05. The number of carbonyl (C=O) groups excluding carboxylic acids is 2. The van der Waals surface area contributed by atoms with Crippen molar-refractivity contribution >= 4 is 29.7 Å². The Morgan fingerprint density at radius 3 is 2.52 bits per heavy atom. The Balaban J connectivity index is 2.49. The van der Waals surface area contributed by atoms with Crippen molar-refractivity contribution in [1.29, 1.82) is 0 Å². The van der Waals surface area contributed by atoms with Gasteiger partial charge in [-0.05, 0) is 62.7 Å². The third-order valence-electron chi connectivity index (χ3n) is 3.72. The van der Waals surface area contributed by atoms with Crippen molar-refractivity contribution in [1.82, 2.24) is 10.3 Å². The molecule has 0 spiro atoms. The molecule has 1 unspecified atom stereocenters. The highest BCUT2D eigenvalue weighted by Crippen LogP contribution is 2.27. The average Bonchev–Trinajstić information content (AvgIpc) is 2.65. The molecule has 2 aromatic rings. The molecule has 0 fully saturated rings. The molecule has 154 valence electrons. The molecule has 0 aliphatic heterocycles. The third kappa shape index (κ3) is 6.02. The highest BCUT2D eigenvalue weighted by Gasteiger charge is 2.27. The van der Waals surface area contributed by atoms with Crippen LogP contribution >= 0.6 is 11.6 Å². The number of benzene rings is 1. The predicted octanol–water partition coefficient (Wildman–Crippen LogP) is 4.92. The number of esters is 1. The fraction of sp³-hybridized carbons (Fsp3) is 0.286. The SMILES string of the molecule is C=Cc1cc(C(NC(=O)OC(C)(C)C)C(=O)OC)cc(-c2ccc(F)c(Cl)c2)n1. The number of nitrogens with zero attached hydrogens (tertiary/aromatic N) is 1. The summed E-state index contributed by atoms with van der Waals surface area (Å²) in [4.78, 5) is 29.0. The monoisotopic (exact) mass is 420 g/mol. The first kappa shape index (κ1) is 22.4. The van der Waals surface area contributed by atoms with Gasteiger partial charge < -0.3 is 14.8 Å². The number of aromatic nitrogens is 1. The zero-order valence-corrected chi connectivity index (χ0v) is 17.3. The van der Waals surface area contributed by atoms with Crippen molar-refractivity contribution in [3.63, 3.8) is 0 Å². The molecule has 0 aliphatic rings. The molecule has 8 heteroatoms. The number of hydrogen-bond donors (Lipinski definition) is 1. The van der Waals surface area contributed by atoms with E-state index in [0.717, 1.165) is 0 Å². The van der Waals surface area contributed by atoms with Gasteiger partial charge in [-0.25, -0.2) is 19.0 Å². The number of nitrogens with one attached hydrogen (secondary N) is 1. The van der Waals surface area contributed by atoms with Gasteiger partial charge in [0.15, 0.2) is 6.04 Å². The number of rotatable bonds is 5. The summed E-state index contributed by atoms with van der Waals surface area (Å²) in [6, 6.07) is 6.16. The molecule has 1 amide bonds. The average molecular weight is 421 g/mol. The van der Waals surface area contributed by atoms with Crippen molar-refractivity contribution in [2.24, 2.45) is 0 Å². The number of halogens is 2. The summed E-state index contributed by atoms with van der Waals surface area (Å²) in [6.45, 7) is 8.82. The van der Waals surface area contributed by atoms with Gasteiger partial charge >= 0.3 is 12.1 Å². The molecule has 0 saturated carbocycles. The van der Waals surface area contributed by atoms with Crippen LogP contribution in [0.3, 0.4) is 0 Å². The van der Waals surface area contributed by atoms with E-state index < -0.39 is 29.5 Å². The highest BCUT2D eigenvalue weighted by molar-refractivity contribution is 6.31. The van der Waals surface area contributed by atoms with Gasteiger partial charge in [-0.3, -0.25) is 0 Å². The summed E-state index contributed by atoms with van der Waals surface area (Å²) in [7, 11) is 1.21. The summed E-state index contributed by atoms with van der Waals surface area (Å²) in [5, 5.41) is 2.44. The van der Waals surface area contributed by atoms with Crippen LogP contribution < -0.4 is 5.32 Å². The van der Waals surface area contributed by atoms with E-state index >= 15 is 0 Å². The van der Waals surface area contributed by atoms with E-state index in [4.69, 9.17) is 21.1 Å². The van der Waals surface area contributed by atoms with Gasteiger partial charge in [0.1, 0.15) is 11.4 Å². The van der Waals surface area contributed by atoms with Crippen LogP contribution in [0, 0.1) is 5.82 Å². The van der Waals surface area contributed by atoms with E-state index in [1.54, 1.807) is 32.9 Å². The van der Waals surface area contributed by atoms with E-state index in [1.807, 2.05) is 0 Å². The summed E-state index contributed by atoms with van der Waals surface area (Å²) in [5.41, 5.74) is 1.04. The highest BCUT2D eigenvalue weighted by atomic mass is 35.5. The number of pyridine rings is 1. The lowest BCUT2D eigenvalue weighted by Crippen LogP contribution is -2.38. The van der Waals surface area contributed by atoms with E-state index in [9.17, 15) is 14.0 Å². The Kier molecular flexibility index (Phi) is 6.97. The number of hydrogen-bond acceptors (Lipinski definition) is 5. The molecule has 1 aromatic carbocycles. The maximum atomic E-state index is 13.5. The minimum absolute atomic E-state index is 0.0637. The molecule has 0 saturated heterocycles. The van der Waals surface area contributed by atoms with Crippen molar-refractivity contribution in [3.05, 3.63) is 59.0 Å². The molecular weight excluding hydrogens is 399 g/mol. The topological polar surface area (TPSA) is 77.5 Å². The maximum absolute atomic E-state index is 13.5. The summed E-state index contributed by atoms with van der Waals surface area (Å²) in [5.74, 6) is -1.25. The molecule has 0 bridgehead atoms. The Morgan fingerprint density at radius 1 is 1.28 bits per heavy atom. The molecule has 1 atom stereocenters. The van der Waals surface area contributed by atoms with Gasteiger partial charge in [0.25, 0.3) is 0 Å². The zero-order chi connectivity index (χ0) is 21.8. The number of alkyl carbamates (subject to hydrolysis) is 1. The molecule has 29 heavy (non-hydrogen) atoms. The normalized spacial score (nSPS) is 12.1. The van der Waals surface area contributed by atoms with Gasteiger partial charge in [-0.2, -0.15) is 0 Å². The number of methoxy groups -OCH3 is 1. The maximum Gasteiger partial charge on any atom is 0.408 e. The molecule has 1 aromatic heterocycles. The Morgan fingerprint density at radius 2 is 1.97 bits per heavy atom. The van der Waals surface area contributed by atoms with Crippen LogP contribution in [-0.2, 0) is 14.3 Å².